The lowest BCUT2D eigenvalue weighted by molar-refractivity contribution is -0.141. The molecule has 0 heterocycles. The van der Waals surface area contributed by atoms with Crippen LogP contribution in [0.15, 0.2) is 18.2 Å². The van der Waals surface area contributed by atoms with Crippen LogP contribution in [0.1, 0.15) is 44.2 Å². The highest BCUT2D eigenvalue weighted by molar-refractivity contribution is 5.71. The number of para-hydroxylation sites is 1. The first-order valence-corrected chi connectivity index (χ1v) is 6.53. The summed E-state index contributed by atoms with van der Waals surface area (Å²) in [7, 11) is 0. The molecule has 0 saturated carbocycles. The molecule has 1 rings (SSSR count). The summed E-state index contributed by atoms with van der Waals surface area (Å²) in [4.78, 5) is 11.0. The zero-order valence-corrected chi connectivity index (χ0v) is 11.7. The van der Waals surface area contributed by atoms with Gasteiger partial charge in [-0.15, -0.1) is 0 Å². The van der Waals surface area contributed by atoms with Crippen LogP contribution in [0.25, 0.3) is 0 Å². The number of aryl methyl sites for hydroxylation is 1. The number of carboxylic acid groups (broad SMARTS) is 1. The van der Waals surface area contributed by atoms with Crippen LogP contribution in [0, 0.1) is 12.8 Å². The van der Waals surface area contributed by atoms with E-state index in [1.807, 2.05) is 13.0 Å². The van der Waals surface area contributed by atoms with Crippen molar-refractivity contribution in [3.05, 3.63) is 29.3 Å². The van der Waals surface area contributed by atoms with Gasteiger partial charge in [-0.1, -0.05) is 39.0 Å². The highest BCUT2D eigenvalue weighted by Gasteiger charge is 2.16. The van der Waals surface area contributed by atoms with Crippen molar-refractivity contribution >= 4 is 11.7 Å². The van der Waals surface area contributed by atoms with Crippen molar-refractivity contribution in [2.45, 2.75) is 40.0 Å². The first-order valence-electron chi connectivity index (χ1n) is 6.53. The Balaban J connectivity index is 2.87. The lowest BCUT2D eigenvalue weighted by Gasteiger charge is -2.19. The van der Waals surface area contributed by atoms with Crippen molar-refractivity contribution in [3.8, 4) is 0 Å². The van der Waals surface area contributed by atoms with Crippen LogP contribution >= 0.6 is 0 Å². The van der Waals surface area contributed by atoms with Gasteiger partial charge in [0, 0.05) is 12.2 Å². The predicted octanol–water partition coefficient (Wildman–Crippen LogP) is 3.64. The molecule has 0 saturated heterocycles. The predicted molar refractivity (Wildman–Crippen MR) is 75.2 cm³/mol. The van der Waals surface area contributed by atoms with E-state index in [9.17, 15) is 4.79 Å². The third-order valence-corrected chi connectivity index (χ3v) is 3.29. The van der Waals surface area contributed by atoms with Gasteiger partial charge >= 0.3 is 5.97 Å². The van der Waals surface area contributed by atoms with Crippen molar-refractivity contribution in [1.29, 1.82) is 0 Å². The van der Waals surface area contributed by atoms with Gasteiger partial charge in [-0.25, -0.2) is 0 Å². The van der Waals surface area contributed by atoms with Crippen LogP contribution < -0.4 is 5.32 Å². The maximum atomic E-state index is 11.0. The van der Waals surface area contributed by atoms with Gasteiger partial charge in [-0.3, -0.25) is 4.79 Å². The summed E-state index contributed by atoms with van der Waals surface area (Å²) in [5.41, 5.74) is 3.50. The molecule has 2 N–H and O–H groups in total. The summed E-state index contributed by atoms with van der Waals surface area (Å²) in [5.74, 6) is -0.633. The van der Waals surface area contributed by atoms with Crippen LogP contribution in [-0.2, 0) is 4.79 Å². The lowest BCUT2D eigenvalue weighted by atomic mass is 9.97. The topological polar surface area (TPSA) is 49.3 Å². The number of hydrogen-bond donors (Lipinski definition) is 2. The van der Waals surface area contributed by atoms with E-state index in [2.05, 4.69) is 38.2 Å². The van der Waals surface area contributed by atoms with E-state index in [0.717, 1.165) is 5.69 Å². The normalized spacial score (nSPS) is 12.5. The first-order chi connectivity index (χ1) is 8.47. The zero-order valence-electron chi connectivity index (χ0n) is 11.7. The van der Waals surface area contributed by atoms with Crippen LogP contribution in [0.3, 0.4) is 0 Å². The summed E-state index contributed by atoms with van der Waals surface area (Å²) in [6, 6.07) is 6.20. The molecule has 1 unspecified atom stereocenters. The van der Waals surface area contributed by atoms with Gasteiger partial charge in [0.1, 0.15) is 0 Å². The number of carbonyl (C=O) groups is 1. The SMILES string of the molecule is CCC(CNc1c(C)cccc1C(C)C)C(=O)O. The number of anilines is 1. The van der Waals surface area contributed by atoms with Crippen molar-refractivity contribution < 1.29 is 9.90 Å². The number of aliphatic carboxylic acids is 1. The molecular weight excluding hydrogens is 226 g/mol. The number of nitrogens with one attached hydrogen (secondary N) is 1. The smallest absolute Gasteiger partial charge is 0.308 e. The van der Waals surface area contributed by atoms with Crippen LogP contribution in [-0.4, -0.2) is 17.6 Å². The zero-order chi connectivity index (χ0) is 13.7. The second-order valence-corrected chi connectivity index (χ2v) is 5.02. The van der Waals surface area contributed by atoms with E-state index < -0.39 is 5.97 Å². The fourth-order valence-corrected chi connectivity index (χ4v) is 2.04. The second-order valence-electron chi connectivity index (χ2n) is 5.02. The maximum absolute atomic E-state index is 11.0. The van der Waals surface area contributed by atoms with Gasteiger partial charge in [0.15, 0.2) is 0 Å². The van der Waals surface area contributed by atoms with Crippen molar-refractivity contribution in [1.82, 2.24) is 0 Å². The summed E-state index contributed by atoms with van der Waals surface area (Å²) >= 11 is 0. The Morgan fingerprint density at radius 2 is 2.06 bits per heavy atom. The first kappa shape index (κ1) is 14.6. The Bertz CT molecular complexity index is 413. The van der Waals surface area contributed by atoms with Gasteiger partial charge in [0.2, 0.25) is 0 Å². The van der Waals surface area contributed by atoms with Gasteiger partial charge < -0.3 is 10.4 Å². The highest BCUT2D eigenvalue weighted by Crippen LogP contribution is 2.27. The molecule has 1 aromatic carbocycles. The molecule has 1 atom stereocenters. The largest absolute Gasteiger partial charge is 0.481 e. The van der Waals surface area contributed by atoms with E-state index >= 15 is 0 Å². The molecule has 0 aliphatic rings. The average molecular weight is 249 g/mol. The van der Waals surface area contributed by atoms with E-state index in [4.69, 9.17) is 5.11 Å². The molecule has 0 radical (unpaired) electrons. The quantitative estimate of drug-likeness (QED) is 0.809. The van der Waals surface area contributed by atoms with Crippen molar-refractivity contribution in [2.24, 2.45) is 5.92 Å². The molecule has 0 aromatic heterocycles. The van der Waals surface area contributed by atoms with Crippen molar-refractivity contribution in [2.75, 3.05) is 11.9 Å². The number of rotatable bonds is 6. The number of carboxylic acids is 1. The van der Waals surface area contributed by atoms with Gasteiger partial charge in [-0.05, 0) is 30.4 Å². The molecule has 3 nitrogen and oxygen atoms in total. The molecular formula is C15H23NO2. The highest BCUT2D eigenvalue weighted by atomic mass is 16.4. The minimum absolute atomic E-state index is 0.329. The fraction of sp³-hybridized carbons (Fsp3) is 0.533. The standard InChI is InChI=1S/C15H23NO2/c1-5-12(15(17)18)9-16-14-11(4)7-6-8-13(14)10(2)3/h6-8,10,12,16H,5,9H2,1-4H3,(H,17,18). The van der Waals surface area contributed by atoms with Crippen LogP contribution in [0.5, 0.6) is 0 Å². The molecule has 0 amide bonds. The molecule has 100 valence electrons. The minimum atomic E-state index is -0.732. The Kier molecular flexibility index (Phi) is 5.20. The van der Waals surface area contributed by atoms with Crippen LogP contribution in [0.2, 0.25) is 0 Å². The minimum Gasteiger partial charge on any atom is -0.481 e. The van der Waals surface area contributed by atoms with E-state index in [1.54, 1.807) is 0 Å². The van der Waals surface area contributed by atoms with E-state index in [0.29, 0.717) is 18.9 Å². The summed E-state index contributed by atoms with van der Waals surface area (Å²) in [6.07, 6.45) is 0.644. The summed E-state index contributed by atoms with van der Waals surface area (Å²) in [5, 5.41) is 12.4. The molecule has 1 aromatic rings. The molecule has 0 bridgehead atoms. The average Bonchev–Trinajstić information content (AvgIpc) is 2.30. The Labute approximate surface area is 109 Å². The maximum Gasteiger partial charge on any atom is 0.308 e. The Morgan fingerprint density at radius 1 is 1.39 bits per heavy atom. The molecule has 18 heavy (non-hydrogen) atoms. The Morgan fingerprint density at radius 3 is 2.56 bits per heavy atom. The van der Waals surface area contributed by atoms with Gasteiger partial charge in [0.25, 0.3) is 0 Å². The Hall–Kier alpha value is -1.51. The van der Waals surface area contributed by atoms with Gasteiger partial charge in [0.05, 0.1) is 5.92 Å². The lowest BCUT2D eigenvalue weighted by Crippen LogP contribution is -2.23. The second kappa shape index (κ2) is 6.43. The molecule has 0 aliphatic heterocycles. The fourth-order valence-electron chi connectivity index (χ4n) is 2.04. The molecule has 0 aliphatic carbocycles. The number of hydrogen-bond acceptors (Lipinski definition) is 2. The van der Waals surface area contributed by atoms with E-state index in [-0.39, 0.29) is 5.92 Å². The molecule has 3 heteroatoms. The van der Waals surface area contributed by atoms with Crippen LogP contribution in [0.4, 0.5) is 5.69 Å². The summed E-state index contributed by atoms with van der Waals surface area (Å²) < 4.78 is 0. The van der Waals surface area contributed by atoms with Gasteiger partial charge in [-0.2, -0.15) is 0 Å². The monoisotopic (exact) mass is 249 g/mol. The molecule has 0 fully saturated rings. The molecule has 0 spiro atoms. The van der Waals surface area contributed by atoms with E-state index in [1.165, 1.54) is 11.1 Å². The summed E-state index contributed by atoms with van der Waals surface area (Å²) in [6.45, 7) is 8.73. The third kappa shape index (κ3) is 3.49. The number of benzene rings is 1. The third-order valence-electron chi connectivity index (χ3n) is 3.29. The van der Waals surface area contributed by atoms with Crippen molar-refractivity contribution in [3.63, 3.8) is 0 Å².